The molecule has 1 aliphatic rings. The van der Waals surface area contributed by atoms with E-state index in [0.29, 0.717) is 5.02 Å². The maximum Gasteiger partial charge on any atom is 0.258 e. The molecule has 0 aliphatic heterocycles. The van der Waals surface area contributed by atoms with Crippen LogP contribution >= 0.6 is 23.2 Å². The second-order valence-corrected chi connectivity index (χ2v) is 9.88. The largest absolute Gasteiger partial charge is 0.482 e. The van der Waals surface area contributed by atoms with Gasteiger partial charge in [0.25, 0.3) is 5.91 Å². The van der Waals surface area contributed by atoms with Gasteiger partial charge in [0.2, 0.25) is 10.0 Å². The fraction of sp³-hybridized carbons (Fsp3) is 0.381. The molecule has 2 aromatic carbocycles. The predicted molar refractivity (Wildman–Crippen MR) is 118 cm³/mol. The van der Waals surface area contributed by atoms with Crippen molar-refractivity contribution in [3.63, 3.8) is 0 Å². The minimum atomic E-state index is -3.64. The van der Waals surface area contributed by atoms with Crippen molar-refractivity contribution in [3.05, 3.63) is 58.1 Å². The minimum absolute atomic E-state index is 0.0315. The van der Waals surface area contributed by atoms with Gasteiger partial charge in [-0.2, -0.15) is 0 Å². The SMILES string of the molecule is CC(NC(=O)COc1ccc(S(=O)(=O)NC2CCCC2)cc1Cl)c1ccc(Cl)cc1. The van der Waals surface area contributed by atoms with E-state index >= 15 is 0 Å². The fourth-order valence-corrected chi connectivity index (χ4v) is 5.11. The number of sulfonamides is 1. The highest BCUT2D eigenvalue weighted by Crippen LogP contribution is 2.28. The van der Waals surface area contributed by atoms with Gasteiger partial charge in [-0.25, -0.2) is 13.1 Å². The second kappa shape index (κ2) is 10.0. The monoisotopic (exact) mass is 470 g/mol. The number of amides is 1. The summed E-state index contributed by atoms with van der Waals surface area (Å²) in [6, 6.07) is 11.2. The highest BCUT2D eigenvalue weighted by atomic mass is 35.5. The van der Waals surface area contributed by atoms with Gasteiger partial charge < -0.3 is 10.1 Å². The van der Waals surface area contributed by atoms with Gasteiger partial charge in [-0.3, -0.25) is 4.79 Å². The molecule has 2 N–H and O–H groups in total. The van der Waals surface area contributed by atoms with Crippen molar-refractivity contribution >= 4 is 39.1 Å². The molecule has 0 saturated heterocycles. The molecule has 1 aliphatic carbocycles. The summed E-state index contributed by atoms with van der Waals surface area (Å²) in [5, 5.41) is 3.58. The molecule has 0 bridgehead atoms. The van der Waals surface area contributed by atoms with Gasteiger partial charge in [0, 0.05) is 11.1 Å². The Labute approximate surface area is 187 Å². The summed E-state index contributed by atoms with van der Waals surface area (Å²) >= 11 is 12.1. The van der Waals surface area contributed by atoms with E-state index in [2.05, 4.69) is 10.0 Å². The highest BCUT2D eigenvalue weighted by molar-refractivity contribution is 7.89. The van der Waals surface area contributed by atoms with Gasteiger partial charge in [0.05, 0.1) is 16.0 Å². The van der Waals surface area contributed by atoms with Crippen LogP contribution in [0.3, 0.4) is 0 Å². The normalized spacial score (nSPS) is 15.7. The van der Waals surface area contributed by atoms with Crippen molar-refractivity contribution in [3.8, 4) is 5.75 Å². The molecule has 0 radical (unpaired) electrons. The summed E-state index contributed by atoms with van der Waals surface area (Å²) in [4.78, 5) is 12.3. The Hall–Kier alpha value is -1.80. The molecule has 3 rings (SSSR count). The van der Waals surface area contributed by atoms with Crippen LogP contribution in [0, 0.1) is 0 Å². The highest BCUT2D eigenvalue weighted by Gasteiger charge is 2.23. The van der Waals surface area contributed by atoms with E-state index in [4.69, 9.17) is 27.9 Å². The van der Waals surface area contributed by atoms with E-state index in [9.17, 15) is 13.2 Å². The van der Waals surface area contributed by atoms with E-state index in [1.807, 2.05) is 19.1 Å². The Morgan fingerprint density at radius 3 is 2.43 bits per heavy atom. The number of rotatable bonds is 8. The lowest BCUT2D eigenvalue weighted by molar-refractivity contribution is -0.123. The topological polar surface area (TPSA) is 84.5 Å². The van der Waals surface area contributed by atoms with Crippen molar-refractivity contribution in [1.29, 1.82) is 0 Å². The third-order valence-corrected chi connectivity index (χ3v) is 7.06. The Bertz CT molecular complexity index is 991. The molecule has 1 amide bonds. The van der Waals surface area contributed by atoms with Crippen LogP contribution in [-0.2, 0) is 14.8 Å². The second-order valence-electron chi connectivity index (χ2n) is 7.32. The number of benzene rings is 2. The van der Waals surface area contributed by atoms with Crippen molar-refractivity contribution < 1.29 is 17.9 Å². The molecule has 2 aromatic rings. The van der Waals surface area contributed by atoms with Gasteiger partial charge in [0.15, 0.2) is 6.61 Å². The van der Waals surface area contributed by atoms with Crippen LogP contribution in [0.25, 0.3) is 0 Å². The number of hydrogen-bond acceptors (Lipinski definition) is 4. The zero-order valence-corrected chi connectivity index (χ0v) is 18.9. The molecule has 1 unspecified atom stereocenters. The third kappa shape index (κ3) is 6.11. The van der Waals surface area contributed by atoms with Crippen molar-refractivity contribution in [2.24, 2.45) is 0 Å². The first-order valence-electron chi connectivity index (χ1n) is 9.74. The van der Waals surface area contributed by atoms with Crippen molar-refractivity contribution in [2.45, 2.75) is 49.6 Å². The summed E-state index contributed by atoms with van der Waals surface area (Å²) < 4.78 is 33.2. The zero-order chi connectivity index (χ0) is 21.7. The lowest BCUT2D eigenvalue weighted by Crippen LogP contribution is -2.32. The molecule has 30 heavy (non-hydrogen) atoms. The molecule has 0 spiro atoms. The maximum atomic E-state index is 12.5. The molecule has 6 nitrogen and oxygen atoms in total. The number of halogens is 2. The fourth-order valence-electron chi connectivity index (χ4n) is 3.36. The van der Waals surface area contributed by atoms with Gasteiger partial charge >= 0.3 is 0 Å². The molecule has 162 valence electrons. The van der Waals surface area contributed by atoms with E-state index in [-0.39, 0.29) is 40.3 Å². The molecule has 1 fully saturated rings. The first kappa shape index (κ1) is 22.9. The van der Waals surface area contributed by atoms with E-state index in [0.717, 1.165) is 31.2 Å². The van der Waals surface area contributed by atoms with Crippen LogP contribution < -0.4 is 14.8 Å². The molecule has 1 atom stereocenters. The van der Waals surface area contributed by atoms with Crippen molar-refractivity contribution in [1.82, 2.24) is 10.0 Å². The smallest absolute Gasteiger partial charge is 0.258 e. The lowest BCUT2D eigenvalue weighted by Gasteiger charge is -2.16. The Morgan fingerprint density at radius 1 is 1.13 bits per heavy atom. The standard InChI is InChI=1S/C21H24Cl2N2O4S/c1-14(15-6-8-16(22)9-7-15)24-21(26)13-29-20-11-10-18(12-19(20)23)30(27,28)25-17-4-2-3-5-17/h6-12,14,17,25H,2-5,13H2,1H3,(H,24,26). The van der Waals surface area contributed by atoms with Crippen LogP contribution in [0.15, 0.2) is 47.4 Å². The van der Waals surface area contributed by atoms with Crippen molar-refractivity contribution in [2.75, 3.05) is 6.61 Å². The van der Waals surface area contributed by atoms with Crippen LogP contribution in [-0.4, -0.2) is 27.0 Å². The summed E-state index contributed by atoms with van der Waals surface area (Å²) in [5.74, 6) is -0.0844. The molecular weight excluding hydrogens is 447 g/mol. The lowest BCUT2D eigenvalue weighted by atomic mass is 10.1. The average molecular weight is 471 g/mol. The number of carbonyl (C=O) groups is 1. The van der Waals surface area contributed by atoms with Crippen LogP contribution in [0.2, 0.25) is 10.0 Å². The molecule has 0 aromatic heterocycles. The minimum Gasteiger partial charge on any atom is -0.482 e. The maximum absolute atomic E-state index is 12.5. The average Bonchev–Trinajstić information content (AvgIpc) is 3.19. The molecule has 0 heterocycles. The van der Waals surface area contributed by atoms with Gasteiger partial charge in [0.1, 0.15) is 5.75 Å². The quantitative estimate of drug-likeness (QED) is 0.595. The van der Waals surface area contributed by atoms with E-state index in [1.54, 1.807) is 12.1 Å². The Kier molecular flexibility index (Phi) is 7.63. The van der Waals surface area contributed by atoms with Crippen LogP contribution in [0.1, 0.15) is 44.2 Å². The predicted octanol–water partition coefficient (Wildman–Crippen LogP) is 4.47. The summed E-state index contributed by atoms with van der Waals surface area (Å²) in [6.45, 7) is 1.61. The number of carbonyl (C=O) groups excluding carboxylic acids is 1. The van der Waals surface area contributed by atoms with Crippen LogP contribution in [0.5, 0.6) is 5.75 Å². The summed E-state index contributed by atoms with van der Waals surface area (Å²) in [6.07, 6.45) is 3.74. The van der Waals surface area contributed by atoms with Gasteiger partial charge in [-0.05, 0) is 55.7 Å². The molecule has 9 heteroatoms. The van der Waals surface area contributed by atoms with Crippen LogP contribution in [0.4, 0.5) is 0 Å². The Morgan fingerprint density at radius 2 is 1.80 bits per heavy atom. The summed E-state index contributed by atoms with van der Waals surface area (Å²) in [5.41, 5.74) is 0.912. The molecular formula is C21H24Cl2N2O4S. The van der Waals surface area contributed by atoms with Gasteiger partial charge in [-0.1, -0.05) is 48.2 Å². The summed E-state index contributed by atoms with van der Waals surface area (Å²) in [7, 11) is -3.64. The zero-order valence-electron chi connectivity index (χ0n) is 16.5. The number of hydrogen-bond donors (Lipinski definition) is 2. The first-order valence-corrected chi connectivity index (χ1v) is 12.0. The van der Waals surface area contributed by atoms with E-state index in [1.165, 1.54) is 18.2 Å². The van der Waals surface area contributed by atoms with Gasteiger partial charge in [-0.15, -0.1) is 0 Å². The number of ether oxygens (including phenoxy) is 1. The molecule has 1 saturated carbocycles. The number of nitrogens with one attached hydrogen (secondary N) is 2. The first-order chi connectivity index (χ1) is 14.2. The van der Waals surface area contributed by atoms with E-state index < -0.39 is 10.0 Å². The Balaban J connectivity index is 1.56. The third-order valence-electron chi connectivity index (χ3n) is 5.00.